The van der Waals surface area contributed by atoms with Gasteiger partial charge in [-0.15, -0.1) is 11.8 Å². The molecule has 172 valence electrons. The Morgan fingerprint density at radius 2 is 1.61 bits per heavy atom. The zero-order valence-corrected chi connectivity index (χ0v) is 19.4. The summed E-state index contributed by atoms with van der Waals surface area (Å²) >= 11 is 13.1. The van der Waals surface area contributed by atoms with Crippen LogP contribution in [0.4, 0.5) is 24.5 Å². The maximum absolute atomic E-state index is 12.8. The zero-order valence-electron chi connectivity index (χ0n) is 17.0. The Kier molecular flexibility index (Phi) is 7.94. The number of alkyl halides is 3. The molecule has 1 atom stereocenters. The second kappa shape index (κ2) is 10.5. The van der Waals surface area contributed by atoms with Crippen molar-refractivity contribution in [1.29, 1.82) is 0 Å². The SMILES string of the molecule is CC(Sc1ccc(NC(=O)c2ccc(Cl)cc2Cl)cc1)C(=O)Nc1cccc(C(F)(F)F)c1. The Balaban J connectivity index is 1.59. The van der Waals surface area contributed by atoms with Crippen LogP contribution in [0.2, 0.25) is 10.0 Å². The Labute approximate surface area is 202 Å². The van der Waals surface area contributed by atoms with Gasteiger partial charge < -0.3 is 10.6 Å². The minimum atomic E-state index is -4.49. The number of carbonyl (C=O) groups excluding carboxylic acids is 2. The third kappa shape index (κ3) is 6.90. The van der Waals surface area contributed by atoms with Crippen molar-refractivity contribution in [3.05, 3.63) is 87.9 Å². The van der Waals surface area contributed by atoms with Crippen molar-refractivity contribution in [3.63, 3.8) is 0 Å². The number of anilines is 2. The molecule has 0 aliphatic rings. The number of thioether (sulfide) groups is 1. The molecule has 33 heavy (non-hydrogen) atoms. The second-order valence-corrected chi connectivity index (χ2v) is 9.19. The van der Waals surface area contributed by atoms with Gasteiger partial charge in [0.15, 0.2) is 0 Å². The fourth-order valence-corrected chi connectivity index (χ4v) is 4.13. The van der Waals surface area contributed by atoms with E-state index in [-0.39, 0.29) is 16.3 Å². The van der Waals surface area contributed by atoms with E-state index in [0.29, 0.717) is 10.7 Å². The van der Waals surface area contributed by atoms with E-state index < -0.39 is 28.8 Å². The predicted octanol–water partition coefficient (Wildman–Crippen LogP) is 7.38. The van der Waals surface area contributed by atoms with Crippen molar-refractivity contribution >= 4 is 58.2 Å². The molecule has 3 aromatic carbocycles. The molecule has 0 aliphatic heterocycles. The maximum Gasteiger partial charge on any atom is 0.416 e. The molecule has 0 saturated heterocycles. The highest BCUT2D eigenvalue weighted by atomic mass is 35.5. The van der Waals surface area contributed by atoms with Gasteiger partial charge in [0.25, 0.3) is 5.91 Å². The van der Waals surface area contributed by atoms with E-state index in [1.54, 1.807) is 37.3 Å². The lowest BCUT2D eigenvalue weighted by molar-refractivity contribution is -0.137. The first-order valence-electron chi connectivity index (χ1n) is 9.54. The standard InChI is InChI=1S/C23H17Cl2F3N2O2S/c1-13(21(31)30-17-4-2-3-14(11-17)23(26,27)28)33-18-8-6-16(7-9-18)29-22(32)19-10-5-15(24)12-20(19)25/h2-13H,1H3,(H,29,32)(H,30,31). The molecule has 0 spiro atoms. The minimum Gasteiger partial charge on any atom is -0.325 e. The lowest BCUT2D eigenvalue weighted by Crippen LogP contribution is -2.22. The molecular weight excluding hydrogens is 496 g/mol. The smallest absolute Gasteiger partial charge is 0.325 e. The summed E-state index contributed by atoms with van der Waals surface area (Å²) < 4.78 is 38.5. The molecule has 10 heteroatoms. The quantitative estimate of drug-likeness (QED) is 0.338. The second-order valence-electron chi connectivity index (χ2n) is 6.93. The monoisotopic (exact) mass is 512 g/mol. The molecule has 3 rings (SSSR count). The van der Waals surface area contributed by atoms with Gasteiger partial charge in [0.1, 0.15) is 0 Å². The summed E-state index contributed by atoms with van der Waals surface area (Å²) in [6.45, 7) is 1.64. The van der Waals surface area contributed by atoms with Crippen LogP contribution in [0, 0.1) is 0 Å². The summed E-state index contributed by atoms with van der Waals surface area (Å²) in [6, 6.07) is 15.8. The van der Waals surface area contributed by atoms with Gasteiger partial charge in [-0.05, 0) is 67.6 Å². The van der Waals surface area contributed by atoms with Crippen LogP contribution in [0.5, 0.6) is 0 Å². The van der Waals surface area contributed by atoms with E-state index in [2.05, 4.69) is 10.6 Å². The number of carbonyl (C=O) groups is 2. The predicted molar refractivity (Wildman–Crippen MR) is 126 cm³/mol. The molecule has 2 N–H and O–H groups in total. The Hall–Kier alpha value is -2.68. The Morgan fingerprint density at radius 3 is 2.24 bits per heavy atom. The fourth-order valence-electron chi connectivity index (χ4n) is 2.76. The first-order valence-corrected chi connectivity index (χ1v) is 11.2. The van der Waals surface area contributed by atoms with Gasteiger partial charge >= 0.3 is 6.18 Å². The Bertz CT molecular complexity index is 1170. The van der Waals surface area contributed by atoms with Gasteiger partial charge in [-0.1, -0.05) is 29.3 Å². The largest absolute Gasteiger partial charge is 0.416 e. The number of hydrogen-bond donors (Lipinski definition) is 2. The highest BCUT2D eigenvalue weighted by Gasteiger charge is 2.30. The van der Waals surface area contributed by atoms with Crippen LogP contribution < -0.4 is 10.6 Å². The molecule has 3 aromatic rings. The van der Waals surface area contributed by atoms with Crippen molar-refractivity contribution < 1.29 is 22.8 Å². The van der Waals surface area contributed by atoms with Crippen molar-refractivity contribution in [3.8, 4) is 0 Å². The van der Waals surface area contributed by atoms with E-state index in [1.165, 1.54) is 36.0 Å². The van der Waals surface area contributed by atoms with Crippen molar-refractivity contribution in [2.45, 2.75) is 23.2 Å². The van der Waals surface area contributed by atoms with Crippen LogP contribution in [0.1, 0.15) is 22.8 Å². The number of hydrogen-bond acceptors (Lipinski definition) is 3. The summed E-state index contributed by atoms with van der Waals surface area (Å²) in [5.74, 6) is -0.833. The van der Waals surface area contributed by atoms with Crippen LogP contribution in [0.15, 0.2) is 71.6 Å². The molecule has 0 aromatic heterocycles. The molecule has 0 heterocycles. The molecule has 0 fully saturated rings. The van der Waals surface area contributed by atoms with Gasteiger partial charge in [-0.2, -0.15) is 13.2 Å². The van der Waals surface area contributed by atoms with E-state index >= 15 is 0 Å². The number of amides is 2. The number of benzene rings is 3. The number of rotatable bonds is 6. The Morgan fingerprint density at radius 1 is 0.909 bits per heavy atom. The topological polar surface area (TPSA) is 58.2 Å². The summed E-state index contributed by atoms with van der Waals surface area (Å²) in [4.78, 5) is 25.5. The van der Waals surface area contributed by atoms with Crippen LogP contribution in [0.25, 0.3) is 0 Å². The van der Waals surface area contributed by atoms with Gasteiger partial charge in [0, 0.05) is 21.3 Å². The fraction of sp³-hybridized carbons (Fsp3) is 0.130. The van der Waals surface area contributed by atoms with Crippen molar-refractivity contribution in [1.82, 2.24) is 0 Å². The summed E-state index contributed by atoms with van der Waals surface area (Å²) in [5.41, 5.74) is 0.0372. The normalized spacial score (nSPS) is 12.2. The average molecular weight is 513 g/mol. The van der Waals surface area contributed by atoms with Gasteiger partial charge in [0.05, 0.1) is 21.4 Å². The maximum atomic E-state index is 12.8. The molecular formula is C23H17Cl2F3N2O2S. The van der Waals surface area contributed by atoms with Crippen LogP contribution >= 0.6 is 35.0 Å². The lowest BCUT2D eigenvalue weighted by atomic mass is 10.2. The molecule has 0 saturated carbocycles. The molecule has 0 aliphatic carbocycles. The first-order chi connectivity index (χ1) is 15.5. The van der Waals surface area contributed by atoms with Crippen molar-refractivity contribution in [2.75, 3.05) is 10.6 Å². The van der Waals surface area contributed by atoms with Crippen LogP contribution in [0.3, 0.4) is 0 Å². The molecule has 0 bridgehead atoms. The summed E-state index contributed by atoms with van der Waals surface area (Å²) in [7, 11) is 0. The van der Waals surface area contributed by atoms with Gasteiger partial charge in [-0.3, -0.25) is 9.59 Å². The minimum absolute atomic E-state index is 0.0706. The third-order valence-electron chi connectivity index (χ3n) is 4.43. The van der Waals surface area contributed by atoms with Gasteiger partial charge in [0.2, 0.25) is 5.91 Å². The highest BCUT2D eigenvalue weighted by molar-refractivity contribution is 8.00. The summed E-state index contributed by atoms with van der Waals surface area (Å²) in [6.07, 6.45) is -4.49. The number of halogens is 5. The average Bonchev–Trinajstić information content (AvgIpc) is 2.74. The zero-order chi connectivity index (χ0) is 24.2. The third-order valence-corrected chi connectivity index (χ3v) is 6.09. The van der Waals surface area contributed by atoms with E-state index in [1.807, 2.05) is 0 Å². The lowest BCUT2D eigenvalue weighted by Gasteiger charge is -2.14. The molecule has 2 amide bonds. The summed E-state index contributed by atoms with van der Waals surface area (Å²) in [5, 5.41) is 5.30. The van der Waals surface area contributed by atoms with E-state index in [0.717, 1.165) is 17.0 Å². The van der Waals surface area contributed by atoms with Crippen molar-refractivity contribution in [2.24, 2.45) is 0 Å². The first kappa shape index (κ1) is 25.0. The highest BCUT2D eigenvalue weighted by Crippen LogP contribution is 2.31. The van der Waals surface area contributed by atoms with Crippen LogP contribution in [-0.2, 0) is 11.0 Å². The molecule has 4 nitrogen and oxygen atoms in total. The van der Waals surface area contributed by atoms with Gasteiger partial charge in [-0.25, -0.2) is 0 Å². The number of nitrogens with one attached hydrogen (secondary N) is 2. The van der Waals surface area contributed by atoms with E-state index in [9.17, 15) is 22.8 Å². The molecule has 0 radical (unpaired) electrons. The molecule has 1 unspecified atom stereocenters. The van der Waals surface area contributed by atoms with E-state index in [4.69, 9.17) is 23.2 Å². The van der Waals surface area contributed by atoms with Crippen LogP contribution in [-0.4, -0.2) is 17.1 Å².